The monoisotopic (exact) mass is 630 g/mol. The van der Waals surface area contributed by atoms with E-state index in [0.29, 0.717) is 24.3 Å². The van der Waals surface area contributed by atoms with Gasteiger partial charge in [0.25, 0.3) is 0 Å². The third kappa shape index (κ3) is 8.38. The molecule has 0 unspecified atom stereocenters. The van der Waals surface area contributed by atoms with Crippen molar-refractivity contribution in [2.24, 2.45) is 23.7 Å². The fourth-order valence-corrected chi connectivity index (χ4v) is 8.57. The lowest BCUT2D eigenvalue weighted by Gasteiger charge is -2.38. The van der Waals surface area contributed by atoms with Crippen LogP contribution in [0.5, 0.6) is 11.5 Å². The molecule has 0 atom stereocenters. The number of hydrogen-bond acceptors (Lipinski definition) is 2. The van der Waals surface area contributed by atoms with Crippen molar-refractivity contribution in [1.82, 2.24) is 0 Å². The van der Waals surface area contributed by atoms with Gasteiger partial charge in [0.05, 0.1) is 13.2 Å². The van der Waals surface area contributed by atoms with Gasteiger partial charge in [-0.1, -0.05) is 70.4 Å². The third-order valence-electron chi connectivity index (χ3n) is 11.5. The smallest absolute Gasteiger partial charge is 0.200 e. The van der Waals surface area contributed by atoms with Crippen LogP contribution >= 0.6 is 0 Å². The molecule has 4 aliphatic carbocycles. The highest BCUT2D eigenvalue weighted by atomic mass is 19.2. The van der Waals surface area contributed by atoms with E-state index in [4.69, 9.17) is 9.47 Å². The molecule has 2 nitrogen and oxygen atoms in total. The number of halogens is 4. The van der Waals surface area contributed by atoms with E-state index in [2.05, 4.69) is 0 Å². The Bertz CT molecular complexity index is 1210. The summed E-state index contributed by atoms with van der Waals surface area (Å²) < 4.78 is 67.5. The highest BCUT2D eigenvalue weighted by molar-refractivity contribution is 5.34. The first-order valence-electron chi connectivity index (χ1n) is 18.1. The Morgan fingerprint density at radius 2 is 0.933 bits per heavy atom. The second kappa shape index (κ2) is 16.5. The molecule has 4 aliphatic rings. The van der Waals surface area contributed by atoms with Crippen molar-refractivity contribution in [2.45, 2.75) is 135 Å². The topological polar surface area (TPSA) is 18.5 Å². The van der Waals surface area contributed by atoms with Crippen LogP contribution in [0.3, 0.4) is 0 Å². The van der Waals surface area contributed by atoms with Gasteiger partial charge >= 0.3 is 0 Å². The first-order chi connectivity index (χ1) is 21.9. The van der Waals surface area contributed by atoms with Crippen molar-refractivity contribution in [2.75, 3.05) is 13.2 Å². The average molecular weight is 631 g/mol. The Morgan fingerprint density at radius 3 is 1.33 bits per heavy atom. The molecule has 0 aromatic heterocycles. The summed E-state index contributed by atoms with van der Waals surface area (Å²) in [6.45, 7) is 4.61. The second-order valence-electron chi connectivity index (χ2n) is 14.2. The van der Waals surface area contributed by atoms with E-state index < -0.39 is 23.3 Å². The van der Waals surface area contributed by atoms with Gasteiger partial charge in [0.15, 0.2) is 23.1 Å². The molecule has 2 aromatic rings. The van der Waals surface area contributed by atoms with Gasteiger partial charge in [-0.2, -0.15) is 8.78 Å². The lowest BCUT2D eigenvalue weighted by atomic mass is 9.67. The van der Waals surface area contributed by atoms with Crippen LogP contribution in [0.2, 0.25) is 0 Å². The molecule has 0 bridgehead atoms. The molecule has 4 fully saturated rings. The number of hydrogen-bond donors (Lipinski definition) is 0. The van der Waals surface area contributed by atoms with Gasteiger partial charge in [-0.25, -0.2) is 8.78 Å². The van der Waals surface area contributed by atoms with Crippen molar-refractivity contribution in [1.29, 1.82) is 0 Å². The predicted octanol–water partition coefficient (Wildman–Crippen LogP) is 12.0. The van der Waals surface area contributed by atoms with Crippen molar-refractivity contribution in [3.63, 3.8) is 0 Å². The Morgan fingerprint density at radius 1 is 0.511 bits per heavy atom. The zero-order valence-electron chi connectivity index (χ0n) is 27.5. The second-order valence-corrected chi connectivity index (χ2v) is 14.2. The zero-order chi connectivity index (χ0) is 31.8. The Labute approximate surface area is 268 Å². The maximum atomic E-state index is 14.5. The summed E-state index contributed by atoms with van der Waals surface area (Å²) in [4.78, 5) is 0. The number of rotatable bonds is 10. The van der Waals surface area contributed by atoms with Crippen LogP contribution in [0, 0.1) is 46.9 Å². The van der Waals surface area contributed by atoms with Crippen molar-refractivity contribution in [3.8, 4) is 11.5 Å². The molecule has 45 heavy (non-hydrogen) atoms. The van der Waals surface area contributed by atoms with Crippen LogP contribution in [0.25, 0.3) is 0 Å². The maximum absolute atomic E-state index is 14.5. The van der Waals surface area contributed by atoms with Gasteiger partial charge in [-0.3, -0.25) is 0 Å². The van der Waals surface area contributed by atoms with E-state index in [0.717, 1.165) is 62.2 Å². The lowest BCUT2D eigenvalue weighted by molar-refractivity contribution is 0.153. The molecular weight excluding hydrogens is 576 g/mol. The Hall–Kier alpha value is -2.24. The zero-order valence-corrected chi connectivity index (χ0v) is 27.5. The molecule has 4 saturated carbocycles. The van der Waals surface area contributed by atoms with Gasteiger partial charge in [0.1, 0.15) is 0 Å². The fourth-order valence-electron chi connectivity index (χ4n) is 8.57. The van der Waals surface area contributed by atoms with E-state index in [9.17, 15) is 17.6 Å². The van der Waals surface area contributed by atoms with E-state index >= 15 is 0 Å². The molecule has 0 amide bonds. The predicted molar refractivity (Wildman–Crippen MR) is 173 cm³/mol. The maximum Gasteiger partial charge on any atom is 0.200 e. The van der Waals surface area contributed by atoms with Crippen molar-refractivity contribution >= 4 is 0 Å². The van der Waals surface area contributed by atoms with Crippen LogP contribution in [-0.4, -0.2) is 13.2 Å². The van der Waals surface area contributed by atoms with Gasteiger partial charge in [0, 0.05) is 0 Å². The lowest BCUT2D eigenvalue weighted by Crippen LogP contribution is -2.26. The average Bonchev–Trinajstić information content (AvgIpc) is 3.58. The molecule has 0 saturated heterocycles. The van der Waals surface area contributed by atoms with Gasteiger partial charge in [0.2, 0.25) is 11.6 Å². The van der Waals surface area contributed by atoms with Crippen LogP contribution < -0.4 is 9.47 Å². The highest BCUT2D eigenvalue weighted by Crippen LogP contribution is 2.46. The quantitative estimate of drug-likeness (QED) is 0.192. The number of benzene rings is 2. The summed E-state index contributed by atoms with van der Waals surface area (Å²) in [7, 11) is 0. The van der Waals surface area contributed by atoms with Crippen molar-refractivity contribution < 1.29 is 27.0 Å². The minimum absolute atomic E-state index is 0.0295. The molecular formula is C39H54F4O2. The van der Waals surface area contributed by atoms with E-state index in [1.807, 2.05) is 6.92 Å². The Kier molecular flexibility index (Phi) is 12.5. The van der Waals surface area contributed by atoms with E-state index in [-0.39, 0.29) is 23.3 Å². The Balaban J connectivity index is 0.000000179. The summed E-state index contributed by atoms with van der Waals surface area (Å²) in [6.07, 6.45) is 20.1. The van der Waals surface area contributed by atoms with Crippen LogP contribution in [0.4, 0.5) is 17.6 Å². The summed E-state index contributed by atoms with van der Waals surface area (Å²) in [5.74, 6) is 0.853. The molecule has 0 aliphatic heterocycles. The van der Waals surface area contributed by atoms with Gasteiger partial charge in [-0.05, 0) is 123 Å². The molecule has 2 aromatic carbocycles. The van der Waals surface area contributed by atoms with E-state index in [1.54, 1.807) is 31.2 Å². The van der Waals surface area contributed by atoms with Crippen LogP contribution in [0.15, 0.2) is 24.3 Å². The standard InChI is InChI=1S/C21H30F2O.C18H24F2O/c1-2-3-14-24-19-13-12-18(20(22)21(19)23)17-10-8-16(9-11-17)15-6-4-5-7-15;1-2-21-16-11-10-15(17(19)18(16)20)14-8-6-13(7-9-14)12-4-3-5-12/h12-13,15-17H,2-11,14H2,1H3;10-14H,2-9H2,1H3. The normalized spacial score (nSPS) is 25.7. The van der Waals surface area contributed by atoms with E-state index in [1.165, 1.54) is 70.6 Å². The summed E-state index contributed by atoms with van der Waals surface area (Å²) >= 11 is 0. The van der Waals surface area contributed by atoms with Crippen LogP contribution in [0.1, 0.15) is 146 Å². The molecule has 6 heteroatoms. The molecule has 0 radical (unpaired) electrons. The summed E-state index contributed by atoms with van der Waals surface area (Å²) in [5, 5.41) is 0. The fraction of sp³-hybridized carbons (Fsp3) is 0.692. The van der Waals surface area contributed by atoms with Crippen molar-refractivity contribution in [3.05, 3.63) is 58.7 Å². The first-order valence-corrected chi connectivity index (χ1v) is 18.1. The molecule has 0 N–H and O–H groups in total. The molecule has 0 spiro atoms. The SMILES string of the molecule is CCCCOc1ccc(C2CCC(C3CCCC3)CC2)c(F)c1F.CCOc1ccc(C2CCC(C3CCC3)CC2)c(F)c1F. The highest BCUT2D eigenvalue weighted by Gasteiger charge is 2.33. The minimum atomic E-state index is -0.824. The summed E-state index contributed by atoms with van der Waals surface area (Å²) in [5.41, 5.74) is 1.10. The molecule has 250 valence electrons. The third-order valence-corrected chi connectivity index (χ3v) is 11.5. The van der Waals surface area contributed by atoms with Crippen LogP contribution in [-0.2, 0) is 0 Å². The number of unbranched alkanes of at least 4 members (excludes halogenated alkanes) is 1. The number of ether oxygens (including phenoxy) is 2. The summed E-state index contributed by atoms with van der Waals surface area (Å²) in [6, 6.07) is 6.67. The first kappa shape index (κ1) is 34.1. The molecule has 6 rings (SSSR count). The van der Waals surface area contributed by atoms with Gasteiger partial charge in [-0.15, -0.1) is 0 Å². The molecule has 0 heterocycles. The van der Waals surface area contributed by atoms with Gasteiger partial charge < -0.3 is 9.47 Å². The largest absolute Gasteiger partial charge is 0.491 e. The minimum Gasteiger partial charge on any atom is -0.491 e.